The Morgan fingerprint density at radius 3 is 2.28 bits per heavy atom. The molecular formula is C25H34N4O3. The summed E-state index contributed by atoms with van der Waals surface area (Å²) in [7, 11) is 0. The van der Waals surface area contributed by atoms with E-state index >= 15 is 0 Å². The van der Waals surface area contributed by atoms with Crippen molar-refractivity contribution in [2.45, 2.75) is 32.9 Å². The predicted molar refractivity (Wildman–Crippen MR) is 127 cm³/mol. The normalized spacial score (nSPS) is 15.9. The van der Waals surface area contributed by atoms with Crippen LogP contribution in [0.5, 0.6) is 5.75 Å². The summed E-state index contributed by atoms with van der Waals surface area (Å²) in [4.78, 5) is 29.9. The van der Waals surface area contributed by atoms with Gasteiger partial charge in [0.1, 0.15) is 11.8 Å². The van der Waals surface area contributed by atoms with Gasteiger partial charge in [0, 0.05) is 32.2 Å². The van der Waals surface area contributed by atoms with Crippen LogP contribution < -0.4 is 15.4 Å². The van der Waals surface area contributed by atoms with Crippen LogP contribution in [0.15, 0.2) is 54.6 Å². The molecule has 1 aliphatic rings. The summed E-state index contributed by atoms with van der Waals surface area (Å²) >= 11 is 0. The number of anilines is 1. The van der Waals surface area contributed by atoms with Crippen LogP contribution in [-0.2, 0) is 9.59 Å². The standard InChI is InChI=1S/C25H34N4O3/c1-4-32-22-13-9-8-12-21(22)27-25(31)24(20-10-6-5-7-11-20)29-16-14-28(15-17-29)18-23(30)26-19(2)3/h5-13,19,24H,4,14-18H2,1-3H3,(H,26,30)(H,27,31). The van der Waals surface area contributed by atoms with Crippen LogP contribution in [0.4, 0.5) is 5.69 Å². The maximum absolute atomic E-state index is 13.5. The van der Waals surface area contributed by atoms with Crippen molar-refractivity contribution < 1.29 is 14.3 Å². The number of amides is 2. The average Bonchev–Trinajstić information content (AvgIpc) is 2.77. The second-order valence-corrected chi connectivity index (χ2v) is 8.27. The van der Waals surface area contributed by atoms with Crippen molar-refractivity contribution in [2.75, 3.05) is 44.6 Å². The summed E-state index contributed by atoms with van der Waals surface area (Å²) in [5, 5.41) is 6.01. The predicted octanol–water partition coefficient (Wildman–Crippen LogP) is 2.91. The lowest BCUT2D eigenvalue weighted by Crippen LogP contribution is -2.52. The van der Waals surface area contributed by atoms with Crippen molar-refractivity contribution in [3.05, 3.63) is 60.2 Å². The Labute approximate surface area is 190 Å². The molecule has 32 heavy (non-hydrogen) atoms. The maximum atomic E-state index is 13.5. The maximum Gasteiger partial charge on any atom is 0.246 e. The molecule has 0 aliphatic carbocycles. The molecule has 0 bridgehead atoms. The van der Waals surface area contributed by atoms with Gasteiger partial charge in [-0.05, 0) is 38.5 Å². The molecule has 7 heteroatoms. The first-order valence-corrected chi connectivity index (χ1v) is 11.3. The molecule has 7 nitrogen and oxygen atoms in total. The minimum Gasteiger partial charge on any atom is -0.492 e. The van der Waals surface area contributed by atoms with Gasteiger partial charge in [0.05, 0.1) is 18.8 Å². The Hall–Kier alpha value is -2.90. The van der Waals surface area contributed by atoms with E-state index in [1.165, 1.54) is 0 Å². The number of carbonyl (C=O) groups excluding carboxylic acids is 2. The molecule has 0 aromatic heterocycles. The van der Waals surface area contributed by atoms with E-state index in [1.54, 1.807) is 0 Å². The van der Waals surface area contributed by atoms with Crippen molar-refractivity contribution in [1.82, 2.24) is 15.1 Å². The van der Waals surface area contributed by atoms with E-state index in [1.807, 2.05) is 75.4 Å². The van der Waals surface area contributed by atoms with Gasteiger partial charge in [-0.25, -0.2) is 0 Å². The van der Waals surface area contributed by atoms with E-state index in [9.17, 15) is 9.59 Å². The first-order chi connectivity index (χ1) is 15.5. The number of hydrogen-bond acceptors (Lipinski definition) is 5. The quantitative estimate of drug-likeness (QED) is 0.630. The summed E-state index contributed by atoms with van der Waals surface area (Å²) in [6.45, 7) is 9.63. The lowest BCUT2D eigenvalue weighted by atomic mass is 10.0. The average molecular weight is 439 g/mol. The van der Waals surface area contributed by atoms with E-state index < -0.39 is 6.04 Å². The highest BCUT2D eigenvalue weighted by molar-refractivity contribution is 5.96. The molecule has 2 aromatic carbocycles. The minimum atomic E-state index is -0.419. The van der Waals surface area contributed by atoms with Crippen molar-refractivity contribution in [3.8, 4) is 5.75 Å². The SMILES string of the molecule is CCOc1ccccc1NC(=O)C(c1ccccc1)N1CCN(CC(=O)NC(C)C)CC1. The molecule has 1 saturated heterocycles. The van der Waals surface area contributed by atoms with Crippen LogP contribution in [0.1, 0.15) is 32.4 Å². The Bertz CT molecular complexity index is 880. The molecule has 3 rings (SSSR count). The number of ether oxygens (including phenoxy) is 1. The fourth-order valence-electron chi connectivity index (χ4n) is 3.97. The molecule has 1 unspecified atom stereocenters. The Morgan fingerprint density at radius 2 is 1.62 bits per heavy atom. The fraction of sp³-hybridized carbons (Fsp3) is 0.440. The Morgan fingerprint density at radius 1 is 0.969 bits per heavy atom. The number of benzene rings is 2. The van der Waals surface area contributed by atoms with E-state index in [0.29, 0.717) is 37.7 Å². The third kappa shape index (κ3) is 6.55. The number of carbonyl (C=O) groups is 2. The van der Waals surface area contributed by atoms with Crippen LogP contribution in [0.25, 0.3) is 0 Å². The smallest absolute Gasteiger partial charge is 0.246 e. The number of rotatable bonds is 9. The summed E-state index contributed by atoms with van der Waals surface area (Å²) < 4.78 is 5.67. The molecule has 0 spiro atoms. The zero-order chi connectivity index (χ0) is 22.9. The van der Waals surface area contributed by atoms with E-state index in [0.717, 1.165) is 18.7 Å². The summed E-state index contributed by atoms with van der Waals surface area (Å²) in [5.74, 6) is 0.615. The molecule has 1 aliphatic heterocycles. The van der Waals surface area contributed by atoms with Gasteiger partial charge >= 0.3 is 0 Å². The molecule has 0 radical (unpaired) electrons. The van der Waals surface area contributed by atoms with Gasteiger partial charge in [-0.1, -0.05) is 42.5 Å². The van der Waals surface area contributed by atoms with Gasteiger partial charge in [-0.15, -0.1) is 0 Å². The first kappa shape index (κ1) is 23.8. The summed E-state index contributed by atoms with van der Waals surface area (Å²) in [6.07, 6.45) is 0. The van der Waals surface area contributed by atoms with Gasteiger partial charge in [-0.2, -0.15) is 0 Å². The molecule has 1 fully saturated rings. The van der Waals surface area contributed by atoms with Crippen molar-refractivity contribution in [2.24, 2.45) is 0 Å². The van der Waals surface area contributed by atoms with Crippen molar-refractivity contribution in [1.29, 1.82) is 0 Å². The number of para-hydroxylation sites is 2. The first-order valence-electron chi connectivity index (χ1n) is 11.3. The summed E-state index contributed by atoms with van der Waals surface area (Å²) in [6, 6.07) is 17.0. The molecule has 1 atom stereocenters. The topological polar surface area (TPSA) is 73.9 Å². The molecule has 0 saturated carbocycles. The second-order valence-electron chi connectivity index (χ2n) is 8.27. The fourth-order valence-corrected chi connectivity index (χ4v) is 3.97. The molecular weight excluding hydrogens is 404 g/mol. The second kappa shape index (κ2) is 11.6. The molecule has 172 valence electrons. The highest BCUT2D eigenvalue weighted by Gasteiger charge is 2.31. The van der Waals surface area contributed by atoms with Gasteiger partial charge < -0.3 is 15.4 Å². The lowest BCUT2D eigenvalue weighted by molar-refractivity contribution is -0.125. The molecule has 2 N–H and O–H groups in total. The van der Waals surface area contributed by atoms with Crippen LogP contribution >= 0.6 is 0 Å². The number of nitrogens with zero attached hydrogens (tertiary/aromatic N) is 2. The van der Waals surface area contributed by atoms with E-state index in [-0.39, 0.29) is 17.9 Å². The Balaban J connectivity index is 1.71. The summed E-state index contributed by atoms with van der Waals surface area (Å²) in [5.41, 5.74) is 1.62. The lowest BCUT2D eigenvalue weighted by Gasteiger charge is -2.38. The number of piperazine rings is 1. The zero-order valence-electron chi connectivity index (χ0n) is 19.2. The molecule has 2 amide bonds. The number of hydrogen-bond donors (Lipinski definition) is 2. The van der Waals surface area contributed by atoms with Gasteiger partial charge in [0.15, 0.2) is 0 Å². The minimum absolute atomic E-state index is 0.0401. The monoisotopic (exact) mass is 438 g/mol. The third-order valence-corrected chi connectivity index (χ3v) is 5.40. The third-order valence-electron chi connectivity index (χ3n) is 5.40. The molecule has 1 heterocycles. The van der Waals surface area contributed by atoms with Crippen LogP contribution in [-0.4, -0.2) is 67.0 Å². The highest BCUT2D eigenvalue weighted by Crippen LogP contribution is 2.28. The zero-order valence-corrected chi connectivity index (χ0v) is 19.2. The largest absolute Gasteiger partial charge is 0.492 e. The molecule has 2 aromatic rings. The van der Waals surface area contributed by atoms with Gasteiger partial charge in [0.2, 0.25) is 11.8 Å². The van der Waals surface area contributed by atoms with Crippen molar-refractivity contribution >= 4 is 17.5 Å². The number of nitrogens with one attached hydrogen (secondary N) is 2. The van der Waals surface area contributed by atoms with Gasteiger partial charge in [-0.3, -0.25) is 19.4 Å². The van der Waals surface area contributed by atoms with Crippen LogP contribution in [0.2, 0.25) is 0 Å². The van der Waals surface area contributed by atoms with Gasteiger partial charge in [0.25, 0.3) is 0 Å². The van der Waals surface area contributed by atoms with Crippen LogP contribution in [0.3, 0.4) is 0 Å². The highest BCUT2D eigenvalue weighted by atomic mass is 16.5. The van der Waals surface area contributed by atoms with E-state index in [2.05, 4.69) is 20.4 Å². The Kier molecular flexibility index (Phi) is 8.64. The van der Waals surface area contributed by atoms with Crippen molar-refractivity contribution in [3.63, 3.8) is 0 Å². The van der Waals surface area contributed by atoms with Crippen LogP contribution in [0, 0.1) is 0 Å². The van der Waals surface area contributed by atoms with E-state index in [4.69, 9.17) is 4.74 Å².